The molecule has 0 bridgehead atoms. The Labute approximate surface area is 201 Å². The van der Waals surface area contributed by atoms with Crippen molar-refractivity contribution in [3.63, 3.8) is 0 Å². The summed E-state index contributed by atoms with van der Waals surface area (Å²) in [6.45, 7) is 2.29. The van der Waals surface area contributed by atoms with Crippen molar-refractivity contribution in [2.75, 3.05) is 0 Å². The van der Waals surface area contributed by atoms with Crippen LogP contribution in [0, 0.1) is 0 Å². The molecule has 2 heteroatoms. The van der Waals surface area contributed by atoms with Gasteiger partial charge in [0.05, 0.1) is 0 Å². The lowest BCUT2D eigenvalue weighted by molar-refractivity contribution is -0.137. The number of hydrogen-bond donors (Lipinski definition) is 1. The fourth-order valence-corrected chi connectivity index (χ4v) is 4.21. The molecule has 2 nitrogen and oxygen atoms in total. The second-order valence-corrected chi connectivity index (χ2v) is 9.62. The molecule has 0 spiro atoms. The molecule has 0 rings (SSSR count). The van der Waals surface area contributed by atoms with Crippen molar-refractivity contribution in [1.29, 1.82) is 0 Å². The smallest absolute Gasteiger partial charge is 0.303 e. The molecule has 0 aliphatic heterocycles. The molecule has 0 saturated heterocycles. The van der Waals surface area contributed by atoms with Crippen LogP contribution in [0.5, 0.6) is 0 Å². The van der Waals surface area contributed by atoms with Crippen LogP contribution in [0.15, 0.2) is 24.3 Å². The number of allylic oxidation sites excluding steroid dienone is 4. The molecule has 1 N–H and O–H groups in total. The minimum Gasteiger partial charge on any atom is -0.481 e. The highest BCUT2D eigenvalue weighted by Gasteiger charge is 1.97. The van der Waals surface area contributed by atoms with Gasteiger partial charge in [-0.2, -0.15) is 0 Å². The molecule has 0 atom stereocenters. The lowest BCUT2D eigenvalue weighted by Gasteiger charge is -2.02. The Bertz CT molecular complexity index is 425. The number of hydrogen-bond acceptors (Lipinski definition) is 1. The summed E-state index contributed by atoms with van der Waals surface area (Å²) in [6.07, 6.45) is 40.0. The van der Waals surface area contributed by atoms with Crippen LogP contribution in [0.4, 0.5) is 0 Å². The van der Waals surface area contributed by atoms with E-state index in [9.17, 15) is 4.79 Å². The molecule has 0 heterocycles. The Kier molecular flexibility index (Phi) is 27.1. The maximum Gasteiger partial charge on any atom is 0.303 e. The van der Waals surface area contributed by atoms with Gasteiger partial charge in [-0.1, -0.05) is 140 Å². The summed E-state index contributed by atoms with van der Waals surface area (Å²) in [6, 6.07) is 0. The number of carboxylic acids is 1. The van der Waals surface area contributed by atoms with Crippen molar-refractivity contribution in [1.82, 2.24) is 0 Å². The van der Waals surface area contributed by atoms with Gasteiger partial charge in [0.25, 0.3) is 0 Å². The van der Waals surface area contributed by atoms with E-state index >= 15 is 0 Å². The van der Waals surface area contributed by atoms with Crippen LogP contribution in [0.3, 0.4) is 0 Å². The van der Waals surface area contributed by atoms with Crippen molar-refractivity contribution in [2.45, 2.75) is 161 Å². The van der Waals surface area contributed by atoms with Crippen LogP contribution in [-0.2, 0) is 4.79 Å². The van der Waals surface area contributed by atoms with Gasteiger partial charge < -0.3 is 5.11 Å². The Morgan fingerprint density at radius 1 is 0.500 bits per heavy atom. The van der Waals surface area contributed by atoms with E-state index in [1.165, 1.54) is 128 Å². The van der Waals surface area contributed by atoms with Crippen molar-refractivity contribution in [3.05, 3.63) is 24.3 Å². The highest BCUT2D eigenvalue weighted by molar-refractivity contribution is 5.66. The molecule has 0 aliphatic carbocycles. The summed E-state index contributed by atoms with van der Waals surface area (Å²) >= 11 is 0. The van der Waals surface area contributed by atoms with E-state index in [2.05, 4.69) is 31.2 Å². The zero-order chi connectivity index (χ0) is 23.4. The van der Waals surface area contributed by atoms with Crippen LogP contribution < -0.4 is 0 Å². The van der Waals surface area contributed by atoms with E-state index in [1.807, 2.05) is 0 Å². The fourth-order valence-electron chi connectivity index (χ4n) is 4.21. The SMILES string of the molecule is CCCCCCCCCCCC=CCC=CCCCCCCCCCCCCCC(=O)O. The van der Waals surface area contributed by atoms with Crippen molar-refractivity contribution in [3.8, 4) is 0 Å². The Balaban J connectivity index is 3.16. The number of unbranched alkanes of at least 4 members (excludes halogenated alkanes) is 20. The average Bonchev–Trinajstić information content (AvgIpc) is 2.78. The highest BCUT2D eigenvalue weighted by atomic mass is 16.4. The Hall–Kier alpha value is -1.05. The maximum absolute atomic E-state index is 10.4. The molecule has 0 aromatic heterocycles. The van der Waals surface area contributed by atoms with Gasteiger partial charge >= 0.3 is 5.97 Å². The molecule has 0 aromatic carbocycles. The van der Waals surface area contributed by atoms with Gasteiger partial charge in [-0.05, 0) is 38.5 Å². The first-order chi connectivity index (χ1) is 15.8. The Morgan fingerprint density at radius 2 is 0.844 bits per heavy atom. The number of aliphatic carboxylic acids is 1. The first-order valence-corrected chi connectivity index (χ1v) is 14.3. The average molecular weight is 449 g/mol. The largest absolute Gasteiger partial charge is 0.481 e. The molecule has 0 saturated carbocycles. The summed E-state index contributed by atoms with van der Waals surface area (Å²) in [4.78, 5) is 10.4. The van der Waals surface area contributed by atoms with E-state index < -0.39 is 5.97 Å². The minimum atomic E-state index is -0.656. The van der Waals surface area contributed by atoms with Crippen LogP contribution in [0.25, 0.3) is 0 Å². The normalized spacial score (nSPS) is 11.8. The molecule has 0 aliphatic rings. The van der Waals surface area contributed by atoms with Crippen molar-refractivity contribution >= 4 is 5.97 Å². The third kappa shape index (κ3) is 28.9. The van der Waals surface area contributed by atoms with Crippen LogP contribution in [-0.4, -0.2) is 11.1 Å². The molecule has 0 aromatic rings. The van der Waals surface area contributed by atoms with Gasteiger partial charge in [0.1, 0.15) is 0 Å². The lowest BCUT2D eigenvalue weighted by atomic mass is 10.0. The predicted octanol–water partition coefficient (Wildman–Crippen LogP) is 10.6. The summed E-state index contributed by atoms with van der Waals surface area (Å²) in [5, 5.41) is 8.60. The molecule has 0 radical (unpaired) electrons. The van der Waals surface area contributed by atoms with E-state index in [0.29, 0.717) is 6.42 Å². The Morgan fingerprint density at radius 3 is 1.22 bits per heavy atom. The lowest BCUT2D eigenvalue weighted by Crippen LogP contribution is -1.93. The molecule has 0 unspecified atom stereocenters. The summed E-state index contributed by atoms with van der Waals surface area (Å²) in [5.41, 5.74) is 0. The van der Waals surface area contributed by atoms with E-state index in [-0.39, 0.29) is 0 Å². The second kappa shape index (κ2) is 28.0. The molecule has 32 heavy (non-hydrogen) atoms. The van der Waals surface area contributed by atoms with Crippen LogP contribution in [0.2, 0.25) is 0 Å². The summed E-state index contributed by atoms with van der Waals surface area (Å²) in [5.74, 6) is -0.656. The van der Waals surface area contributed by atoms with E-state index in [1.54, 1.807) is 0 Å². The van der Waals surface area contributed by atoms with E-state index in [0.717, 1.165) is 19.3 Å². The molecule has 0 fully saturated rings. The second-order valence-electron chi connectivity index (χ2n) is 9.62. The molecule has 0 amide bonds. The van der Waals surface area contributed by atoms with Gasteiger partial charge in [-0.3, -0.25) is 4.79 Å². The molecular weight excluding hydrogens is 392 g/mol. The summed E-state index contributed by atoms with van der Waals surface area (Å²) in [7, 11) is 0. The van der Waals surface area contributed by atoms with Crippen molar-refractivity contribution < 1.29 is 9.90 Å². The zero-order valence-electron chi connectivity index (χ0n) is 21.6. The molecule has 188 valence electrons. The number of carboxylic acid groups (broad SMARTS) is 1. The van der Waals surface area contributed by atoms with Crippen LogP contribution in [0.1, 0.15) is 161 Å². The van der Waals surface area contributed by atoms with Gasteiger partial charge in [0.15, 0.2) is 0 Å². The third-order valence-electron chi connectivity index (χ3n) is 6.34. The van der Waals surface area contributed by atoms with Gasteiger partial charge in [0.2, 0.25) is 0 Å². The minimum absolute atomic E-state index is 0.339. The standard InChI is InChI=1S/C30H56O2/c1-2-3-4-5-6-7-8-9-10-11-12-13-14-15-16-17-18-19-20-21-22-23-24-25-26-27-28-29-30(31)32/h12-13,15-16H,2-11,14,17-29H2,1H3,(H,31,32). The monoisotopic (exact) mass is 448 g/mol. The topological polar surface area (TPSA) is 37.3 Å². The highest BCUT2D eigenvalue weighted by Crippen LogP contribution is 2.13. The predicted molar refractivity (Wildman–Crippen MR) is 142 cm³/mol. The number of rotatable bonds is 26. The first kappa shape index (κ1) is 30.9. The van der Waals surface area contributed by atoms with Gasteiger partial charge in [-0.25, -0.2) is 0 Å². The maximum atomic E-state index is 10.4. The summed E-state index contributed by atoms with van der Waals surface area (Å²) < 4.78 is 0. The van der Waals surface area contributed by atoms with Gasteiger partial charge in [-0.15, -0.1) is 0 Å². The van der Waals surface area contributed by atoms with Gasteiger partial charge in [0, 0.05) is 6.42 Å². The van der Waals surface area contributed by atoms with Crippen molar-refractivity contribution in [2.24, 2.45) is 0 Å². The zero-order valence-corrected chi connectivity index (χ0v) is 21.6. The van der Waals surface area contributed by atoms with E-state index in [4.69, 9.17) is 5.11 Å². The molecular formula is C30H56O2. The number of carbonyl (C=O) groups is 1. The fraction of sp³-hybridized carbons (Fsp3) is 0.833. The first-order valence-electron chi connectivity index (χ1n) is 14.3. The quantitative estimate of drug-likeness (QED) is 0.105. The van der Waals surface area contributed by atoms with Crippen LogP contribution >= 0.6 is 0 Å². The third-order valence-corrected chi connectivity index (χ3v) is 6.34.